The molecule has 8 heteroatoms. The fraction of sp³-hybridized carbons (Fsp3) is 0.500. The maximum atomic E-state index is 12.4. The first-order valence-corrected chi connectivity index (χ1v) is 9.67. The van der Waals surface area contributed by atoms with Crippen molar-refractivity contribution < 1.29 is 38.8 Å². The quantitative estimate of drug-likeness (QED) is 0.304. The van der Waals surface area contributed by atoms with E-state index in [9.17, 15) is 24.6 Å². The number of ether oxygens (including phenoxy) is 3. The number of esters is 3. The fourth-order valence-electron chi connectivity index (χ4n) is 3.38. The fourth-order valence-corrected chi connectivity index (χ4v) is 3.38. The predicted octanol–water partition coefficient (Wildman–Crippen LogP) is 1.52. The highest BCUT2D eigenvalue weighted by Gasteiger charge is 2.45. The molecule has 0 amide bonds. The molecule has 2 rings (SSSR count). The van der Waals surface area contributed by atoms with Crippen LogP contribution in [0.5, 0.6) is 0 Å². The monoisotopic (exact) mass is 420 g/mol. The molecule has 0 aromatic carbocycles. The molecule has 0 bridgehead atoms. The van der Waals surface area contributed by atoms with Crippen LogP contribution in [0.25, 0.3) is 0 Å². The van der Waals surface area contributed by atoms with Gasteiger partial charge in [0.05, 0.1) is 18.6 Å². The maximum absolute atomic E-state index is 12.4. The number of aliphatic hydroxyl groups is 2. The van der Waals surface area contributed by atoms with Gasteiger partial charge in [-0.05, 0) is 44.1 Å². The molecule has 0 aromatic heterocycles. The summed E-state index contributed by atoms with van der Waals surface area (Å²) in [6.07, 6.45) is 0.817. The molecular formula is C22H28O8. The molecule has 2 aliphatic rings. The third-order valence-corrected chi connectivity index (χ3v) is 5.29. The Morgan fingerprint density at radius 1 is 1.30 bits per heavy atom. The van der Waals surface area contributed by atoms with Gasteiger partial charge in [0.1, 0.15) is 18.3 Å². The SMILES string of the molecule is C=C1C(=O)O[C@@H]2/C=C(/CO)[C@@H](OC(C)=O)C[C@H](O)/C(C)=C\[C@@H](OC(=O)/C(C)=C\C)C12. The van der Waals surface area contributed by atoms with Crippen molar-refractivity contribution in [3.05, 3.63) is 47.1 Å². The number of aliphatic hydroxyl groups excluding tert-OH is 2. The van der Waals surface area contributed by atoms with Crippen molar-refractivity contribution in [1.29, 1.82) is 0 Å². The third kappa shape index (κ3) is 5.25. The van der Waals surface area contributed by atoms with Gasteiger partial charge in [0.15, 0.2) is 0 Å². The Kier molecular flexibility index (Phi) is 7.75. The molecule has 164 valence electrons. The van der Waals surface area contributed by atoms with Crippen LogP contribution in [0.15, 0.2) is 47.1 Å². The standard InChI is InChI=1S/C22H28O8/c1-6-11(2)21(26)29-18-7-12(3)16(25)9-17(28-14(5)24)15(10-23)8-19-20(18)13(4)22(27)30-19/h6-8,16-20,23,25H,4,9-10H2,1-3,5H3/b11-6-,12-7-,15-8-/t16-,17-,18+,19+,20?/m0/s1. The van der Waals surface area contributed by atoms with E-state index in [2.05, 4.69) is 6.58 Å². The van der Waals surface area contributed by atoms with Crippen LogP contribution >= 0.6 is 0 Å². The number of carbonyl (C=O) groups is 3. The Balaban J connectivity index is 2.56. The minimum absolute atomic E-state index is 0.0187. The van der Waals surface area contributed by atoms with Gasteiger partial charge in [0, 0.05) is 24.5 Å². The zero-order chi connectivity index (χ0) is 22.6. The molecule has 0 aromatic rings. The van der Waals surface area contributed by atoms with Crippen LogP contribution in [0.2, 0.25) is 0 Å². The van der Waals surface area contributed by atoms with Gasteiger partial charge in [-0.2, -0.15) is 0 Å². The number of rotatable bonds is 4. The first kappa shape index (κ1) is 23.6. The molecule has 0 spiro atoms. The van der Waals surface area contributed by atoms with Crippen LogP contribution in [0.4, 0.5) is 0 Å². The van der Waals surface area contributed by atoms with Crippen molar-refractivity contribution in [2.75, 3.05) is 6.61 Å². The number of carbonyl (C=O) groups excluding carboxylic acids is 3. The first-order valence-electron chi connectivity index (χ1n) is 9.67. The van der Waals surface area contributed by atoms with Crippen LogP contribution in [-0.4, -0.2) is 59.1 Å². The molecule has 1 aliphatic heterocycles. The van der Waals surface area contributed by atoms with Gasteiger partial charge in [0.25, 0.3) is 0 Å². The van der Waals surface area contributed by atoms with Gasteiger partial charge >= 0.3 is 17.9 Å². The summed E-state index contributed by atoms with van der Waals surface area (Å²) in [5.74, 6) is -2.58. The van der Waals surface area contributed by atoms with Crippen LogP contribution < -0.4 is 0 Å². The molecule has 1 heterocycles. The highest BCUT2D eigenvalue weighted by molar-refractivity contribution is 5.92. The van der Waals surface area contributed by atoms with Gasteiger partial charge in [0.2, 0.25) is 0 Å². The Bertz CT molecular complexity index is 819. The summed E-state index contributed by atoms with van der Waals surface area (Å²) >= 11 is 0. The molecule has 8 nitrogen and oxygen atoms in total. The van der Waals surface area contributed by atoms with E-state index < -0.39 is 54.8 Å². The van der Waals surface area contributed by atoms with Crippen molar-refractivity contribution in [3.63, 3.8) is 0 Å². The van der Waals surface area contributed by atoms with E-state index in [0.29, 0.717) is 11.1 Å². The lowest BCUT2D eigenvalue weighted by Gasteiger charge is -2.29. The molecule has 1 fully saturated rings. The topological polar surface area (TPSA) is 119 Å². The number of hydrogen-bond donors (Lipinski definition) is 2. The van der Waals surface area contributed by atoms with Gasteiger partial charge < -0.3 is 24.4 Å². The lowest BCUT2D eigenvalue weighted by molar-refractivity contribution is -0.147. The van der Waals surface area contributed by atoms with Gasteiger partial charge in [-0.15, -0.1) is 0 Å². The van der Waals surface area contributed by atoms with E-state index in [4.69, 9.17) is 14.2 Å². The second kappa shape index (κ2) is 9.86. The second-order valence-electron chi connectivity index (χ2n) is 7.42. The average Bonchev–Trinajstić information content (AvgIpc) is 2.96. The van der Waals surface area contributed by atoms with Crippen LogP contribution in [-0.2, 0) is 28.6 Å². The summed E-state index contributed by atoms with van der Waals surface area (Å²) in [4.78, 5) is 36.2. The molecule has 0 saturated carbocycles. The van der Waals surface area contributed by atoms with E-state index in [1.807, 2.05) is 0 Å². The minimum atomic E-state index is -1.05. The predicted molar refractivity (Wildman–Crippen MR) is 107 cm³/mol. The van der Waals surface area contributed by atoms with Crippen LogP contribution in [0.3, 0.4) is 0 Å². The van der Waals surface area contributed by atoms with Crippen molar-refractivity contribution >= 4 is 17.9 Å². The van der Waals surface area contributed by atoms with E-state index >= 15 is 0 Å². The second-order valence-corrected chi connectivity index (χ2v) is 7.42. The summed E-state index contributed by atoms with van der Waals surface area (Å²) in [5.41, 5.74) is 1.21. The first-order chi connectivity index (χ1) is 14.1. The van der Waals surface area contributed by atoms with Crippen molar-refractivity contribution in [3.8, 4) is 0 Å². The lowest BCUT2D eigenvalue weighted by atomic mass is 9.85. The summed E-state index contributed by atoms with van der Waals surface area (Å²) in [5, 5.41) is 20.5. The van der Waals surface area contributed by atoms with E-state index in [1.54, 1.807) is 32.9 Å². The smallest absolute Gasteiger partial charge is 0.334 e. The normalized spacial score (nSPS) is 33.4. The summed E-state index contributed by atoms with van der Waals surface area (Å²) in [7, 11) is 0. The molecule has 0 radical (unpaired) electrons. The molecule has 1 unspecified atom stereocenters. The number of hydrogen-bond acceptors (Lipinski definition) is 8. The van der Waals surface area contributed by atoms with Crippen LogP contribution in [0.1, 0.15) is 34.1 Å². The molecule has 30 heavy (non-hydrogen) atoms. The zero-order valence-corrected chi connectivity index (χ0v) is 17.6. The van der Waals surface area contributed by atoms with E-state index in [-0.39, 0.29) is 17.6 Å². The van der Waals surface area contributed by atoms with Crippen molar-refractivity contribution in [2.24, 2.45) is 5.92 Å². The Hall–Kier alpha value is -2.71. The number of fused-ring (bicyclic) bond motifs is 1. The number of allylic oxidation sites excluding steroid dienone is 1. The highest BCUT2D eigenvalue weighted by atomic mass is 16.6. The summed E-state index contributed by atoms with van der Waals surface area (Å²) < 4.78 is 16.3. The largest absolute Gasteiger partial charge is 0.458 e. The Morgan fingerprint density at radius 2 is 1.97 bits per heavy atom. The Morgan fingerprint density at radius 3 is 2.53 bits per heavy atom. The minimum Gasteiger partial charge on any atom is -0.458 e. The highest BCUT2D eigenvalue weighted by Crippen LogP contribution is 2.36. The Labute approximate surface area is 175 Å². The molecule has 1 aliphatic carbocycles. The van der Waals surface area contributed by atoms with Crippen molar-refractivity contribution in [1.82, 2.24) is 0 Å². The van der Waals surface area contributed by atoms with Crippen LogP contribution in [0, 0.1) is 5.92 Å². The third-order valence-electron chi connectivity index (χ3n) is 5.29. The summed E-state index contributed by atoms with van der Waals surface area (Å²) in [6, 6.07) is 0. The lowest BCUT2D eigenvalue weighted by Crippen LogP contribution is -2.35. The van der Waals surface area contributed by atoms with Crippen molar-refractivity contribution in [2.45, 2.75) is 58.5 Å². The molecule has 2 N–H and O–H groups in total. The van der Waals surface area contributed by atoms with E-state index in [0.717, 1.165) is 0 Å². The van der Waals surface area contributed by atoms with Gasteiger partial charge in [-0.25, -0.2) is 9.59 Å². The average molecular weight is 420 g/mol. The van der Waals surface area contributed by atoms with E-state index in [1.165, 1.54) is 13.0 Å². The molecule has 1 saturated heterocycles. The summed E-state index contributed by atoms with van der Waals surface area (Å²) in [6.45, 7) is 9.46. The molecule has 5 atom stereocenters. The van der Waals surface area contributed by atoms with Gasteiger partial charge in [-0.3, -0.25) is 4.79 Å². The van der Waals surface area contributed by atoms with Gasteiger partial charge in [-0.1, -0.05) is 12.7 Å². The zero-order valence-electron chi connectivity index (χ0n) is 17.6. The maximum Gasteiger partial charge on any atom is 0.334 e. The molecular weight excluding hydrogens is 392 g/mol.